The van der Waals surface area contributed by atoms with Gasteiger partial charge in [0.1, 0.15) is 5.75 Å². The fourth-order valence-corrected chi connectivity index (χ4v) is 1.99. The lowest BCUT2D eigenvalue weighted by Crippen LogP contribution is -2.09. The zero-order valence-corrected chi connectivity index (χ0v) is 13.6. The minimum Gasteiger partial charge on any atom is -0.423 e. The van der Waals surface area contributed by atoms with Gasteiger partial charge in [0.25, 0.3) is 0 Å². The second kappa shape index (κ2) is 6.67. The molecule has 0 aliphatic carbocycles. The highest BCUT2D eigenvalue weighted by Crippen LogP contribution is 2.36. The molecule has 0 aliphatic rings. The number of carbonyl (C=O) groups is 2. The van der Waals surface area contributed by atoms with Crippen LogP contribution in [0.1, 0.15) is 13.8 Å². The van der Waals surface area contributed by atoms with E-state index in [1.165, 1.54) is 0 Å². The summed E-state index contributed by atoms with van der Waals surface area (Å²) >= 11 is 6.13. The monoisotopic (exact) mass is 330 g/mol. The lowest BCUT2D eigenvalue weighted by Gasteiger charge is -2.11. The Balaban J connectivity index is 2.50. The van der Waals surface area contributed by atoms with E-state index in [1.807, 2.05) is 0 Å². The van der Waals surface area contributed by atoms with Gasteiger partial charge in [-0.3, -0.25) is 0 Å². The van der Waals surface area contributed by atoms with Crippen LogP contribution in [0.25, 0.3) is 10.8 Å². The van der Waals surface area contributed by atoms with Gasteiger partial charge in [0.2, 0.25) is 0 Å². The highest BCUT2D eigenvalue weighted by atomic mass is 35.5. The summed E-state index contributed by atoms with van der Waals surface area (Å²) < 4.78 is 10.5. The number of rotatable bonds is 4. The third-order valence-electron chi connectivity index (χ3n) is 3.00. The van der Waals surface area contributed by atoms with Crippen molar-refractivity contribution in [2.45, 2.75) is 13.8 Å². The number of ether oxygens (including phenoxy) is 2. The van der Waals surface area contributed by atoms with Gasteiger partial charge in [-0.25, -0.2) is 9.59 Å². The molecule has 0 atom stereocenters. The molecule has 2 aromatic carbocycles. The van der Waals surface area contributed by atoms with Crippen LogP contribution in [-0.4, -0.2) is 11.9 Å². The summed E-state index contributed by atoms with van der Waals surface area (Å²) in [7, 11) is 0. The average Bonchev–Trinajstić information content (AvgIpc) is 2.49. The summed E-state index contributed by atoms with van der Waals surface area (Å²) in [5.41, 5.74) is 0.535. The number of carbonyl (C=O) groups excluding carboxylic acids is 2. The topological polar surface area (TPSA) is 52.6 Å². The van der Waals surface area contributed by atoms with Crippen LogP contribution in [0.15, 0.2) is 54.6 Å². The molecule has 0 N–H and O–H groups in total. The Hall–Kier alpha value is -2.59. The lowest BCUT2D eigenvalue weighted by atomic mass is 10.1. The number of benzene rings is 2. The SMILES string of the molecule is C=C(C)C(=O)Oc1ccc2ccc(Cl)c(OC(=O)C(=C)C)c2c1. The molecule has 0 fully saturated rings. The molecule has 23 heavy (non-hydrogen) atoms. The third kappa shape index (κ3) is 3.79. The lowest BCUT2D eigenvalue weighted by molar-refractivity contribution is -0.131. The summed E-state index contributed by atoms with van der Waals surface area (Å²) in [6.45, 7) is 10.2. The first-order valence-corrected chi connectivity index (χ1v) is 7.15. The molecule has 5 heteroatoms. The van der Waals surface area contributed by atoms with Crippen molar-refractivity contribution in [3.8, 4) is 11.5 Å². The molecule has 0 amide bonds. The van der Waals surface area contributed by atoms with Gasteiger partial charge in [-0.15, -0.1) is 0 Å². The Morgan fingerprint density at radius 2 is 1.52 bits per heavy atom. The normalized spacial score (nSPS) is 10.2. The molecule has 0 aromatic heterocycles. The molecule has 0 bridgehead atoms. The molecule has 0 saturated carbocycles. The number of hydrogen-bond acceptors (Lipinski definition) is 4. The maximum atomic E-state index is 11.8. The van der Waals surface area contributed by atoms with Crippen molar-refractivity contribution in [1.29, 1.82) is 0 Å². The van der Waals surface area contributed by atoms with Crippen LogP contribution in [-0.2, 0) is 9.59 Å². The predicted octanol–water partition coefficient (Wildman–Crippen LogP) is 4.46. The van der Waals surface area contributed by atoms with Gasteiger partial charge >= 0.3 is 11.9 Å². The highest BCUT2D eigenvalue weighted by Gasteiger charge is 2.14. The van der Waals surface area contributed by atoms with Crippen molar-refractivity contribution >= 4 is 34.3 Å². The van der Waals surface area contributed by atoms with Gasteiger partial charge in [0.05, 0.1) is 5.02 Å². The van der Waals surface area contributed by atoms with Crippen LogP contribution in [0, 0.1) is 0 Å². The first-order valence-electron chi connectivity index (χ1n) is 6.77. The largest absolute Gasteiger partial charge is 0.423 e. The van der Waals surface area contributed by atoms with Crippen molar-refractivity contribution in [3.05, 3.63) is 59.7 Å². The number of halogens is 1. The number of hydrogen-bond donors (Lipinski definition) is 0. The first kappa shape index (κ1) is 16.8. The zero-order chi connectivity index (χ0) is 17.1. The van der Waals surface area contributed by atoms with E-state index in [0.717, 1.165) is 5.39 Å². The fourth-order valence-electron chi connectivity index (χ4n) is 1.79. The van der Waals surface area contributed by atoms with Gasteiger partial charge in [-0.1, -0.05) is 36.9 Å². The minimum atomic E-state index is -0.580. The van der Waals surface area contributed by atoms with Gasteiger partial charge in [-0.05, 0) is 37.4 Å². The second-order valence-corrected chi connectivity index (χ2v) is 5.51. The maximum Gasteiger partial charge on any atom is 0.338 e. The first-order chi connectivity index (χ1) is 10.8. The molecule has 2 aromatic rings. The molecule has 0 unspecified atom stereocenters. The summed E-state index contributed by atoms with van der Waals surface area (Å²) in [5, 5.41) is 1.61. The van der Waals surface area contributed by atoms with Crippen LogP contribution in [0.2, 0.25) is 5.02 Å². The van der Waals surface area contributed by atoms with Crippen molar-refractivity contribution in [1.82, 2.24) is 0 Å². The number of fused-ring (bicyclic) bond motifs is 1. The van der Waals surface area contributed by atoms with Crippen molar-refractivity contribution in [2.24, 2.45) is 0 Å². The third-order valence-corrected chi connectivity index (χ3v) is 3.30. The van der Waals surface area contributed by atoms with Crippen molar-refractivity contribution in [2.75, 3.05) is 0 Å². The molecule has 4 nitrogen and oxygen atoms in total. The van der Waals surface area contributed by atoms with E-state index in [4.69, 9.17) is 21.1 Å². The van der Waals surface area contributed by atoms with Gasteiger partial charge in [0.15, 0.2) is 5.75 Å². The molecule has 0 saturated heterocycles. The maximum absolute atomic E-state index is 11.8. The van der Waals surface area contributed by atoms with E-state index in [-0.39, 0.29) is 21.9 Å². The van der Waals surface area contributed by atoms with Crippen LogP contribution in [0.5, 0.6) is 11.5 Å². The fraction of sp³-hybridized carbons (Fsp3) is 0.111. The predicted molar refractivity (Wildman–Crippen MR) is 89.9 cm³/mol. The van der Waals surface area contributed by atoms with E-state index < -0.39 is 11.9 Å². The molecule has 0 heterocycles. The molecule has 0 radical (unpaired) electrons. The van der Waals surface area contributed by atoms with Crippen molar-refractivity contribution < 1.29 is 19.1 Å². The van der Waals surface area contributed by atoms with Gasteiger partial charge in [0, 0.05) is 16.5 Å². The Morgan fingerprint density at radius 1 is 0.957 bits per heavy atom. The summed E-state index contributed by atoms with van der Waals surface area (Å²) in [6.07, 6.45) is 0. The molecular weight excluding hydrogens is 316 g/mol. The molecule has 0 aliphatic heterocycles. The molecule has 0 spiro atoms. The Kier molecular flexibility index (Phi) is 4.86. The Labute approximate surface area is 139 Å². The minimum absolute atomic E-state index is 0.199. The Morgan fingerprint density at radius 3 is 2.13 bits per heavy atom. The summed E-state index contributed by atoms with van der Waals surface area (Å²) in [5.74, 6) is -0.610. The van der Waals surface area contributed by atoms with E-state index in [9.17, 15) is 9.59 Å². The zero-order valence-electron chi connectivity index (χ0n) is 12.8. The van der Waals surface area contributed by atoms with Crippen LogP contribution >= 0.6 is 11.6 Å². The van der Waals surface area contributed by atoms with Gasteiger partial charge < -0.3 is 9.47 Å². The average molecular weight is 331 g/mol. The van der Waals surface area contributed by atoms with Crippen LogP contribution < -0.4 is 9.47 Å². The highest BCUT2D eigenvalue weighted by molar-refractivity contribution is 6.33. The van der Waals surface area contributed by atoms with Crippen LogP contribution in [0.4, 0.5) is 0 Å². The van der Waals surface area contributed by atoms with Crippen LogP contribution in [0.3, 0.4) is 0 Å². The van der Waals surface area contributed by atoms with Crippen molar-refractivity contribution in [3.63, 3.8) is 0 Å². The smallest absolute Gasteiger partial charge is 0.338 e. The molecule has 2 rings (SSSR count). The van der Waals surface area contributed by atoms with E-state index in [2.05, 4.69) is 13.2 Å². The summed E-state index contributed by atoms with van der Waals surface area (Å²) in [4.78, 5) is 23.4. The summed E-state index contributed by atoms with van der Waals surface area (Å²) in [6, 6.07) is 8.37. The standard InChI is InChI=1S/C18H15ClO4/c1-10(2)17(20)22-13-7-5-12-6-8-15(19)16(14(12)9-13)23-18(21)11(3)4/h5-9H,1,3H2,2,4H3. The van der Waals surface area contributed by atoms with Gasteiger partial charge in [-0.2, -0.15) is 0 Å². The quantitative estimate of drug-likeness (QED) is 0.472. The van der Waals surface area contributed by atoms with E-state index >= 15 is 0 Å². The van der Waals surface area contributed by atoms with E-state index in [0.29, 0.717) is 11.1 Å². The molecule has 118 valence electrons. The molecular formula is C18H15ClO4. The number of esters is 2. The second-order valence-electron chi connectivity index (χ2n) is 5.10. The Bertz CT molecular complexity index is 836. The van der Waals surface area contributed by atoms with E-state index in [1.54, 1.807) is 44.2 Å².